The summed E-state index contributed by atoms with van der Waals surface area (Å²) in [6.45, 7) is 0.287. The normalized spacial score (nSPS) is 14.8. The number of hydrogen-bond acceptors (Lipinski definition) is 6. The first-order chi connectivity index (χ1) is 21.3. The van der Waals surface area contributed by atoms with Gasteiger partial charge >= 0.3 is 5.97 Å². The quantitative estimate of drug-likeness (QED) is 0.108. The molecule has 0 saturated carbocycles. The van der Waals surface area contributed by atoms with Crippen molar-refractivity contribution >= 4 is 58.1 Å². The van der Waals surface area contributed by atoms with Crippen molar-refractivity contribution in [3.8, 4) is 5.75 Å². The lowest BCUT2D eigenvalue weighted by Crippen LogP contribution is -2.45. The molecule has 1 amide bonds. The van der Waals surface area contributed by atoms with E-state index in [4.69, 9.17) is 17.0 Å². The van der Waals surface area contributed by atoms with E-state index in [9.17, 15) is 23.9 Å². The maximum Gasteiger partial charge on any atom is 0.327 e. The van der Waals surface area contributed by atoms with Gasteiger partial charge in [-0.2, -0.15) is 0 Å². The summed E-state index contributed by atoms with van der Waals surface area (Å²) < 4.78 is 19.0. The lowest BCUT2D eigenvalue weighted by Gasteiger charge is -2.23. The second-order valence-electron chi connectivity index (χ2n) is 9.90. The average Bonchev–Trinajstić information content (AvgIpc) is 3.31. The largest absolute Gasteiger partial charge is 0.489 e. The highest BCUT2D eigenvalue weighted by Crippen LogP contribution is 2.35. The zero-order valence-corrected chi connectivity index (χ0v) is 24.9. The molecule has 1 fully saturated rings. The molecule has 1 heterocycles. The topological polar surface area (TPSA) is 83.9 Å². The fourth-order valence-electron chi connectivity index (χ4n) is 4.46. The first kappa shape index (κ1) is 30.6. The molecular formula is C35H26FNO5S2. The molecule has 220 valence electrons. The van der Waals surface area contributed by atoms with Gasteiger partial charge in [0.05, 0.1) is 4.91 Å². The first-order valence-electron chi connectivity index (χ1n) is 13.6. The van der Waals surface area contributed by atoms with Crippen molar-refractivity contribution in [1.29, 1.82) is 0 Å². The predicted octanol–water partition coefficient (Wildman–Crippen LogP) is 7.20. The number of rotatable bonds is 11. The summed E-state index contributed by atoms with van der Waals surface area (Å²) in [7, 11) is 0. The molecule has 1 unspecified atom stereocenters. The number of aliphatic carboxylic acids is 1. The second-order valence-corrected chi connectivity index (χ2v) is 11.6. The van der Waals surface area contributed by atoms with E-state index in [2.05, 4.69) is 0 Å². The third kappa shape index (κ3) is 7.75. The average molecular weight is 624 g/mol. The van der Waals surface area contributed by atoms with Crippen LogP contribution in [0, 0.1) is 5.82 Å². The number of ketones is 1. The molecule has 4 aromatic rings. The summed E-state index contributed by atoms with van der Waals surface area (Å²) in [6, 6.07) is 28.1. The van der Waals surface area contributed by atoms with Crippen molar-refractivity contribution < 1.29 is 28.6 Å². The van der Waals surface area contributed by atoms with Crippen LogP contribution in [-0.4, -0.2) is 38.0 Å². The van der Waals surface area contributed by atoms with E-state index in [-0.39, 0.29) is 28.9 Å². The number of carbonyl (C=O) groups is 3. The third-order valence-electron chi connectivity index (χ3n) is 6.81. The van der Waals surface area contributed by atoms with Gasteiger partial charge in [0.1, 0.15) is 28.5 Å². The summed E-state index contributed by atoms with van der Waals surface area (Å²) >= 11 is 6.47. The Morgan fingerprint density at radius 1 is 0.886 bits per heavy atom. The van der Waals surface area contributed by atoms with Crippen molar-refractivity contribution in [1.82, 2.24) is 4.90 Å². The van der Waals surface area contributed by atoms with E-state index in [0.29, 0.717) is 16.2 Å². The number of carbonyl (C=O) groups excluding carboxylic acids is 2. The van der Waals surface area contributed by atoms with E-state index in [1.54, 1.807) is 48.6 Å². The number of thiocarbonyl (C=S) groups is 1. The van der Waals surface area contributed by atoms with Gasteiger partial charge in [-0.25, -0.2) is 9.18 Å². The second kappa shape index (κ2) is 14.1. The van der Waals surface area contributed by atoms with E-state index < -0.39 is 17.9 Å². The van der Waals surface area contributed by atoms with Gasteiger partial charge in [-0.1, -0.05) is 96.8 Å². The lowest BCUT2D eigenvalue weighted by atomic mass is 10.0. The van der Waals surface area contributed by atoms with Crippen molar-refractivity contribution in [2.75, 3.05) is 0 Å². The van der Waals surface area contributed by atoms with E-state index in [1.165, 1.54) is 23.1 Å². The molecular weight excluding hydrogens is 598 g/mol. The minimum Gasteiger partial charge on any atom is -0.489 e. The van der Waals surface area contributed by atoms with Gasteiger partial charge in [0, 0.05) is 12.0 Å². The summed E-state index contributed by atoms with van der Waals surface area (Å²) in [5.74, 6) is -1.45. The van der Waals surface area contributed by atoms with Gasteiger partial charge in [-0.3, -0.25) is 14.5 Å². The maximum absolute atomic E-state index is 13.2. The zero-order chi connectivity index (χ0) is 31.1. The Hall–Kier alpha value is -4.86. The summed E-state index contributed by atoms with van der Waals surface area (Å²) in [5.41, 5.74) is 3.66. The summed E-state index contributed by atoms with van der Waals surface area (Å²) in [5, 5.41) is 9.85. The molecule has 5 rings (SSSR count). The van der Waals surface area contributed by atoms with E-state index in [0.717, 1.165) is 34.0 Å². The third-order valence-corrected chi connectivity index (χ3v) is 8.14. The number of benzene rings is 4. The van der Waals surface area contributed by atoms with Gasteiger partial charge in [-0.05, 0) is 70.8 Å². The minimum absolute atomic E-state index is 0.144. The molecule has 9 heteroatoms. The highest BCUT2D eigenvalue weighted by molar-refractivity contribution is 8.26. The molecule has 0 radical (unpaired) electrons. The summed E-state index contributed by atoms with van der Waals surface area (Å²) in [6.07, 6.45) is 5.00. The summed E-state index contributed by atoms with van der Waals surface area (Å²) in [4.78, 5) is 39.4. The minimum atomic E-state index is -1.12. The fourth-order valence-corrected chi connectivity index (χ4v) is 5.82. The van der Waals surface area contributed by atoms with E-state index >= 15 is 0 Å². The standard InChI is InChI=1S/C35H26FNO5S2/c36-28-15-10-26(11-16-28)22-42-29-17-13-27(14-18-29)31(38)19-12-23-6-8-25(9-7-23)21-32-33(39)37(35(43)44-32)30(34(40)41)20-24-4-2-1-3-5-24/h1-19,21,30H,20,22H2,(H,40,41)/b19-12+,32-21-. The highest BCUT2D eigenvalue weighted by Gasteiger charge is 2.40. The van der Waals surface area contributed by atoms with Crippen molar-refractivity contribution in [3.05, 3.63) is 148 Å². The molecule has 6 nitrogen and oxygen atoms in total. The monoisotopic (exact) mass is 623 g/mol. The predicted molar refractivity (Wildman–Crippen MR) is 174 cm³/mol. The van der Waals surface area contributed by atoms with Crippen LogP contribution in [0.2, 0.25) is 0 Å². The number of halogens is 1. The smallest absolute Gasteiger partial charge is 0.327 e. The van der Waals surface area contributed by atoms with E-state index in [1.807, 2.05) is 54.6 Å². The van der Waals surface area contributed by atoms with Gasteiger partial charge in [-0.15, -0.1) is 0 Å². The number of ether oxygens (including phenoxy) is 1. The number of carboxylic acids is 1. The van der Waals surface area contributed by atoms with Gasteiger partial charge in [0.15, 0.2) is 5.78 Å². The molecule has 4 aromatic carbocycles. The van der Waals surface area contributed by atoms with Crippen LogP contribution in [0.25, 0.3) is 12.2 Å². The number of thioether (sulfide) groups is 1. The molecule has 1 aliphatic rings. The highest BCUT2D eigenvalue weighted by atomic mass is 32.2. The van der Waals surface area contributed by atoms with Crippen LogP contribution >= 0.6 is 24.0 Å². The molecule has 0 spiro atoms. The van der Waals surface area contributed by atoms with Crippen molar-refractivity contribution in [2.24, 2.45) is 0 Å². The van der Waals surface area contributed by atoms with Crippen LogP contribution in [0.15, 0.2) is 114 Å². The molecule has 1 aliphatic heterocycles. The van der Waals surface area contributed by atoms with Crippen LogP contribution in [0.5, 0.6) is 5.75 Å². The SMILES string of the molecule is O=C(/C=C/c1ccc(/C=C2\SC(=S)N(C(Cc3ccccc3)C(=O)O)C2=O)cc1)c1ccc(OCc2ccc(F)cc2)cc1. The van der Waals surface area contributed by atoms with Gasteiger partial charge in [0.25, 0.3) is 5.91 Å². The number of nitrogens with zero attached hydrogens (tertiary/aromatic N) is 1. The molecule has 0 aliphatic carbocycles. The van der Waals surface area contributed by atoms with Crippen LogP contribution in [0.3, 0.4) is 0 Å². The number of amides is 1. The number of hydrogen-bond donors (Lipinski definition) is 1. The van der Waals surface area contributed by atoms with Crippen LogP contribution in [0.1, 0.15) is 32.6 Å². The molecule has 1 N–H and O–H groups in total. The fraction of sp³-hybridized carbons (Fsp3) is 0.0857. The van der Waals surface area contributed by atoms with Crippen LogP contribution in [-0.2, 0) is 22.6 Å². The first-order valence-corrected chi connectivity index (χ1v) is 14.8. The molecule has 44 heavy (non-hydrogen) atoms. The lowest BCUT2D eigenvalue weighted by molar-refractivity contribution is -0.145. The maximum atomic E-state index is 13.2. The Morgan fingerprint density at radius 3 is 2.20 bits per heavy atom. The Morgan fingerprint density at radius 2 is 1.55 bits per heavy atom. The van der Waals surface area contributed by atoms with Gasteiger partial charge < -0.3 is 9.84 Å². The molecule has 0 aromatic heterocycles. The Kier molecular flexibility index (Phi) is 9.79. The van der Waals surface area contributed by atoms with Gasteiger partial charge in [0.2, 0.25) is 0 Å². The Balaban J connectivity index is 1.19. The van der Waals surface area contributed by atoms with Crippen LogP contribution < -0.4 is 4.74 Å². The number of carboxylic acid groups (broad SMARTS) is 1. The van der Waals surface area contributed by atoms with Crippen LogP contribution in [0.4, 0.5) is 4.39 Å². The Labute approximate surface area is 263 Å². The number of allylic oxidation sites excluding steroid dienone is 1. The Bertz CT molecular complexity index is 1740. The molecule has 1 atom stereocenters. The van der Waals surface area contributed by atoms with Crippen molar-refractivity contribution in [3.63, 3.8) is 0 Å². The molecule has 1 saturated heterocycles. The molecule has 0 bridgehead atoms. The van der Waals surface area contributed by atoms with Crippen molar-refractivity contribution in [2.45, 2.75) is 19.1 Å². The zero-order valence-electron chi connectivity index (χ0n) is 23.3.